The Hall–Kier alpha value is -2.42. The molecule has 1 atom stereocenters. The van der Waals surface area contributed by atoms with Gasteiger partial charge in [0.2, 0.25) is 21.8 Å². The number of amides is 2. The molecule has 0 spiro atoms. The predicted molar refractivity (Wildman–Crippen MR) is 117 cm³/mol. The predicted octanol–water partition coefficient (Wildman–Crippen LogP) is 3.41. The van der Waals surface area contributed by atoms with E-state index in [1.165, 1.54) is 17.0 Å². The average molecular weight is 450 g/mol. The summed E-state index contributed by atoms with van der Waals surface area (Å²) in [6, 6.07) is 12.9. The summed E-state index contributed by atoms with van der Waals surface area (Å²) in [6.45, 7) is 5.48. The zero-order valence-corrected chi connectivity index (χ0v) is 18.5. The van der Waals surface area contributed by atoms with Gasteiger partial charge < -0.3 is 10.2 Å². The molecule has 30 heavy (non-hydrogen) atoms. The molecule has 0 aromatic heterocycles. The summed E-state index contributed by atoms with van der Waals surface area (Å²) in [5.74, 6) is -1.06. The van der Waals surface area contributed by atoms with E-state index in [9.17, 15) is 18.0 Å². The smallest absolute Gasteiger partial charge is 0.241 e. The molecule has 0 aliphatic carbocycles. The Kier molecular flexibility index (Phi) is 6.21. The monoisotopic (exact) mass is 449 g/mol. The first-order valence-electron chi connectivity index (χ1n) is 9.45. The van der Waals surface area contributed by atoms with Gasteiger partial charge in [0.25, 0.3) is 0 Å². The minimum absolute atomic E-state index is 0.0540. The maximum atomic E-state index is 12.7. The molecular formula is C21H24ClN3O4S. The minimum atomic E-state index is -3.73. The molecule has 7 nitrogen and oxygen atoms in total. The van der Waals surface area contributed by atoms with Gasteiger partial charge in [-0.25, -0.2) is 13.1 Å². The van der Waals surface area contributed by atoms with Crippen LogP contribution in [0, 0.1) is 5.92 Å². The highest BCUT2D eigenvalue weighted by Gasteiger charge is 2.35. The third-order valence-electron chi connectivity index (χ3n) is 4.47. The molecule has 1 unspecified atom stereocenters. The largest absolute Gasteiger partial charge is 0.326 e. The summed E-state index contributed by atoms with van der Waals surface area (Å²) in [5, 5.41) is 3.24. The Morgan fingerprint density at radius 2 is 1.83 bits per heavy atom. The number of hydrogen-bond donors (Lipinski definition) is 2. The van der Waals surface area contributed by atoms with Crippen molar-refractivity contribution in [1.82, 2.24) is 4.72 Å². The van der Waals surface area contributed by atoms with Gasteiger partial charge in [-0.2, -0.15) is 0 Å². The fraction of sp³-hybridized carbons (Fsp3) is 0.333. The van der Waals surface area contributed by atoms with Crippen molar-refractivity contribution < 1.29 is 18.0 Å². The zero-order valence-electron chi connectivity index (χ0n) is 17.0. The van der Waals surface area contributed by atoms with E-state index in [4.69, 9.17) is 11.6 Å². The molecule has 2 aromatic rings. The van der Waals surface area contributed by atoms with E-state index in [-0.39, 0.29) is 29.7 Å². The van der Waals surface area contributed by atoms with Gasteiger partial charge >= 0.3 is 0 Å². The number of halogens is 1. The van der Waals surface area contributed by atoms with Gasteiger partial charge in [0.15, 0.2) is 0 Å². The lowest BCUT2D eigenvalue weighted by molar-refractivity contribution is -0.122. The van der Waals surface area contributed by atoms with Crippen molar-refractivity contribution >= 4 is 44.8 Å². The molecule has 1 aliphatic heterocycles. The van der Waals surface area contributed by atoms with E-state index in [1.807, 2.05) is 0 Å². The van der Waals surface area contributed by atoms with Crippen molar-refractivity contribution in [3.63, 3.8) is 0 Å². The van der Waals surface area contributed by atoms with Crippen LogP contribution in [-0.4, -0.2) is 32.3 Å². The third kappa shape index (κ3) is 5.38. The van der Waals surface area contributed by atoms with E-state index < -0.39 is 21.5 Å². The van der Waals surface area contributed by atoms with E-state index >= 15 is 0 Å². The number of benzene rings is 2. The third-order valence-corrected chi connectivity index (χ3v) is 6.46. The Bertz CT molecular complexity index is 1080. The van der Waals surface area contributed by atoms with Crippen LogP contribution < -0.4 is 14.9 Å². The Morgan fingerprint density at radius 1 is 1.13 bits per heavy atom. The quantitative estimate of drug-likeness (QED) is 0.731. The van der Waals surface area contributed by atoms with Gasteiger partial charge in [-0.05, 0) is 57.2 Å². The number of anilines is 2. The van der Waals surface area contributed by atoms with Crippen LogP contribution in [0.1, 0.15) is 27.2 Å². The van der Waals surface area contributed by atoms with Crippen LogP contribution in [0.3, 0.4) is 0 Å². The van der Waals surface area contributed by atoms with Crippen molar-refractivity contribution in [2.24, 2.45) is 5.92 Å². The number of carbonyl (C=O) groups is 2. The Morgan fingerprint density at radius 3 is 2.50 bits per heavy atom. The van der Waals surface area contributed by atoms with E-state index in [0.717, 1.165) is 0 Å². The zero-order chi connectivity index (χ0) is 22.1. The summed E-state index contributed by atoms with van der Waals surface area (Å²) >= 11 is 6.00. The summed E-state index contributed by atoms with van der Waals surface area (Å²) in [4.78, 5) is 26.7. The molecule has 0 bridgehead atoms. The second kappa shape index (κ2) is 8.37. The van der Waals surface area contributed by atoms with Crippen molar-refractivity contribution in [3.8, 4) is 0 Å². The standard InChI is InChI=1S/C21H24ClN3O4S/c1-21(2,3)24-30(28,29)18-9-5-7-16(12-18)23-20(27)14-10-19(26)25(13-14)17-8-4-6-15(22)11-17/h4-9,11-12,14,24H,10,13H2,1-3H3,(H,23,27). The lowest BCUT2D eigenvalue weighted by Crippen LogP contribution is -2.40. The SMILES string of the molecule is CC(C)(C)NS(=O)(=O)c1cccc(NC(=O)C2CC(=O)N(c3cccc(Cl)c3)C2)c1. The highest BCUT2D eigenvalue weighted by Crippen LogP contribution is 2.28. The second-order valence-electron chi connectivity index (χ2n) is 8.26. The Labute approximate surface area is 181 Å². The highest BCUT2D eigenvalue weighted by atomic mass is 35.5. The fourth-order valence-electron chi connectivity index (χ4n) is 3.22. The molecule has 2 amide bonds. The van der Waals surface area contributed by atoms with Gasteiger partial charge in [0.05, 0.1) is 10.8 Å². The number of nitrogens with one attached hydrogen (secondary N) is 2. The summed E-state index contributed by atoms with van der Waals surface area (Å²) in [5.41, 5.74) is 0.362. The lowest BCUT2D eigenvalue weighted by atomic mass is 10.1. The van der Waals surface area contributed by atoms with Crippen LogP contribution in [-0.2, 0) is 19.6 Å². The summed E-state index contributed by atoms with van der Waals surface area (Å²) in [7, 11) is -3.73. The van der Waals surface area contributed by atoms with Gasteiger partial charge in [-0.1, -0.05) is 23.7 Å². The van der Waals surface area contributed by atoms with E-state index in [0.29, 0.717) is 16.4 Å². The molecule has 0 saturated carbocycles. The van der Waals surface area contributed by atoms with Crippen LogP contribution in [0.4, 0.5) is 11.4 Å². The second-order valence-corrected chi connectivity index (χ2v) is 10.4. The van der Waals surface area contributed by atoms with Gasteiger partial charge in [0, 0.05) is 34.9 Å². The number of rotatable bonds is 5. The van der Waals surface area contributed by atoms with E-state index in [2.05, 4.69) is 10.0 Å². The maximum Gasteiger partial charge on any atom is 0.241 e. The van der Waals surface area contributed by atoms with E-state index in [1.54, 1.807) is 57.2 Å². The number of carbonyl (C=O) groups excluding carboxylic acids is 2. The molecule has 9 heteroatoms. The first-order chi connectivity index (χ1) is 13.9. The summed E-state index contributed by atoms with van der Waals surface area (Å²) in [6.07, 6.45) is 0.0713. The van der Waals surface area contributed by atoms with Crippen molar-refractivity contribution in [2.45, 2.75) is 37.6 Å². The molecule has 1 aliphatic rings. The summed E-state index contributed by atoms with van der Waals surface area (Å²) < 4.78 is 27.6. The van der Waals surface area contributed by atoms with Gasteiger partial charge in [0.1, 0.15) is 0 Å². The number of sulfonamides is 1. The number of hydrogen-bond acceptors (Lipinski definition) is 4. The van der Waals surface area contributed by atoms with Gasteiger partial charge in [-0.3, -0.25) is 9.59 Å². The molecule has 1 saturated heterocycles. The molecular weight excluding hydrogens is 426 g/mol. The van der Waals surface area contributed by atoms with Crippen LogP contribution >= 0.6 is 11.6 Å². The van der Waals surface area contributed by atoms with Crippen molar-refractivity contribution in [2.75, 3.05) is 16.8 Å². The first kappa shape index (κ1) is 22.3. The molecule has 2 N–H and O–H groups in total. The topological polar surface area (TPSA) is 95.6 Å². The highest BCUT2D eigenvalue weighted by molar-refractivity contribution is 7.89. The number of nitrogens with zero attached hydrogens (tertiary/aromatic N) is 1. The normalized spacial score (nSPS) is 17.3. The molecule has 3 rings (SSSR count). The van der Waals surface area contributed by atoms with Crippen LogP contribution in [0.15, 0.2) is 53.4 Å². The average Bonchev–Trinajstić information content (AvgIpc) is 3.02. The maximum absolute atomic E-state index is 12.7. The minimum Gasteiger partial charge on any atom is -0.326 e. The van der Waals surface area contributed by atoms with Crippen LogP contribution in [0.5, 0.6) is 0 Å². The van der Waals surface area contributed by atoms with Crippen LogP contribution in [0.25, 0.3) is 0 Å². The van der Waals surface area contributed by atoms with Gasteiger partial charge in [-0.15, -0.1) is 0 Å². The molecule has 1 heterocycles. The fourth-order valence-corrected chi connectivity index (χ4v) is 4.87. The first-order valence-corrected chi connectivity index (χ1v) is 11.3. The van der Waals surface area contributed by atoms with Crippen molar-refractivity contribution in [1.29, 1.82) is 0 Å². The Balaban J connectivity index is 1.72. The molecule has 1 fully saturated rings. The molecule has 160 valence electrons. The lowest BCUT2D eigenvalue weighted by Gasteiger charge is -2.20. The van der Waals surface area contributed by atoms with Crippen molar-refractivity contribution in [3.05, 3.63) is 53.6 Å². The van der Waals surface area contributed by atoms with Crippen LogP contribution in [0.2, 0.25) is 5.02 Å². The molecule has 0 radical (unpaired) electrons. The molecule has 2 aromatic carbocycles.